The second-order valence-corrected chi connectivity index (χ2v) is 4.88. The van der Waals surface area contributed by atoms with E-state index in [4.69, 9.17) is 16.3 Å². The summed E-state index contributed by atoms with van der Waals surface area (Å²) in [6, 6.07) is 10.1. The first kappa shape index (κ1) is 16.4. The molecule has 0 unspecified atom stereocenters. The maximum absolute atomic E-state index is 11.8. The number of carbonyl (C=O) groups excluding carboxylic acids is 2. The molecule has 0 aliphatic rings. The minimum absolute atomic E-state index is 0.00486. The number of non-ortho nitro benzene ring substituents is 1. The van der Waals surface area contributed by atoms with Crippen LogP contribution in [0.5, 0.6) is 5.75 Å². The van der Waals surface area contributed by atoms with Gasteiger partial charge in [-0.05, 0) is 24.3 Å². The number of nitrogens with one attached hydrogen (secondary N) is 1. The van der Waals surface area contributed by atoms with Gasteiger partial charge in [0.15, 0.2) is 12.9 Å². The smallest absolute Gasteiger partial charge is 0.270 e. The van der Waals surface area contributed by atoms with Crippen LogP contribution >= 0.6 is 11.6 Å². The fraction of sp³-hybridized carbons (Fsp3) is 0.0667. The van der Waals surface area contributed by atoms with E-state index in [1.54, 1.807) is 24.3 Å². The van der Waals surface area contributed by atoms with Crippen molar-refractivity contribution in [3.8, 4) is 5.75 Å². The Morgan fingerprint density at radius 2 is 2.09 bits per heavy atom. The van der Waals surface area contributed by atoms with Crippen molar-refractivity contribution in [3.05, 3.63) is 63.2 Å². The molecule has 2 rings (SSSR count). The Morgan fingerprint density at radius 1 is 1.30 bits per heavy atom. The molecule has 118 valence electrons. The summed E-state index contributed by atoms with van der Waals surface area (Å²) in [6.07, 6.45) is 0.428. The van der Waals surface area contributed by atoms with Gasteiger partial charge in [-0.1, -0.05) is 17.7 Å². The highest BCUT2D eigenvalue weighted by molar-refractivity contribution is 6.30. The highest BCUT2D eigenvalue weighted by atomic mass is 35.5. The van der Waals surface area contributed by atoms with Gasteiger partial charge >= 0.3 is 0 Å². The van der Waals surface area contributed by atoms with E-state index in [0.29, 0.717) is 17.0 Å². The standard InChI is InChI=1S/C15H11ClN2O5/c16-11-2-1-3-12(7-11)17-15(20)9-23-14-5-4-13(18(21)22)6-10(14)8-19/h1-8H,9H2,(H,17,20). The molecule has 2 aromatic carbocycles. The number of hydrogen-bond donors (Lipinski definition) is 1. The predicted octanol–water partition coefficient (Wildman–Crippen LogP) is 3.08. The third-order valence-corrected chi connectivity index (χ3v) is 3.03. The quantitative estimate of drug-likeness (QED) is 0.497. The second-order valence-electron chi connectivity index (χ2n) is 4.44. The molecule has 0 fully saturated rings. The van der Waals surface area contributed by atoms with E-state index in [0.717, 1.165) is 6.07 Å². The molecular formula is C15H11ClN2O5. The third-order valence-electron chi connectivity index (χ3n) is 2.80. The lowest BCUT2D eigenvalue weighted by Gasteiger charge is -2.09. The number of halogens is 1. The van der Waals surface area contributed by atoms with Crippen molar-refractivity contribution in [3.63, 3.8) is 0 Å². The molecule has 0 aliphatic heterocycles. The first-order chi connectivity index (χ1) is 11.0. The number of nitro benzene ring substituents is 1. The van der Waals surface area contributed by atoms with Gasteiger partial charge < -0.3 is 10.1 Å². The molecule has 0 aliphatic carbocycles. The van der Waals surface area contributed by atoms with Crippen molar-refractivity contribution >= 4 is 35.2 Å². The Labute approximate surface area is 136 Å². The number of rotatable bonds is 6. The topological polar surface area (TPSA) is 98.5 Å². The van der Waals surface area contributed by atoms with Crippen molar-refractivity contribution in [2.75, 3.05) is 11.9 Å². The van der Waals surface area contributed by atoms with Gasteiger partial charge in [0.05, 0.1) is 10.5 Å². The minimum atomic E-state index is -0.622. The summed E-state index contributed by atoms with van der Waals surface area (Å²) in [5.74, 6) is -0.366. The molecule has 0 heterocycles. The number of ether oxygens (including phenoxy) is 1. The van der Waals surface area contributed by atoms with Crippen LogP contribution in [0.15, 0.2) is 42.5 Å². The molecule has 0 atom stereocenters. The van der Waals surface area contributed by atoms with Crippen molar-refractivity contribution < 1.29 is 19.2 Å². The van der Waals surface area contributed by atoms with Gasteiger partial charge in [0.1, 0.15) is 5.75 Å². The average molecular weight is 335 g/mol. The highest BCUT2D eigenvalue weighted by Gasteiger charge is 2.12. The van der Waals surface area contributed by atoms with Crippen LogP contribution in [0.4, 0.5) is 11.4 Å². The summed E-state index contributed by atoms with van der Waals surface area (Å²) < 4.78 is 5.23. The first-order valence-corrected chi connectivity index (χ1v) is 6.79. The molecule has 0 saturated heterocycles. The molecule has 7 nitrogen and oxygen atoms in total. The number of hydrogen-bond acceptors (Lipinski definition) is 5. The van der Waals surface area contributed by atoms with E-state index >= 15 is 0 Å². The number of carbonyl (C=O) groups is 2. The van der Waals surface area contributed by atoms with E-state index in [-0.39, 0.29) is 23.6 Å². The highest BCUT2D eigenvalue weighted by Crippen LogP contribution is 2.23. The Kier molecular flexibility index (Phi) is 5.27. The Morgan fingerprint density at radius 3 is 2.74 bits per heavy atom. The lowest BCUT2D eigenvalue weighted by molar-refractivity contribution is -0.384. The largest absolute Gasteiger partial charge is 0.483 e. The monoisotopic (exact) mass is 334 g/mol. The first-order valence-electron chi connectivity index (χ1n) is 6.41. The summed E-state index contributed by atoms with van der Waals surface area (Å²) in [7, 11) is 0. The zero-order valence-electron chi connectivity index (χ0n) is 11.7. The van der Waals surface area contributed by atoms with Crippen molar-refractivity contribution in [1.29, 1.82) is 0 Å². The Balaban J connectivity index is 2.01. The van der Waals surface area contributed by atoms with Crippen LogP contribution < -0.4 is 10.1 Å². The van der Waals surface area contributed by atoms with Gasteiger partial charge in [-0.15, -0.1) is 0 Å². The number of nitrogens with zero attached hydrogens (tertiary/aromatic N) is 1. The van der Waals surface area contributed by atoms with E-state index < -0.39 is 10.8 Å². The number of amides is 1. The van der Waals surface area contributed by atoms with Gasteiger partial charge in [0.2, 0.25) is 0 Å². The van der Waals surface area contributed by atoms with Crippen LogP contribution in [0.1, 0.15) is 10.4 Å². The van der Waals surface area contributed by atoms with Gasteiger partial charge in [-0.25, -0.2) is 0 Å². The molecule has 8 heteroatoms. The summed E-state index contributed by atoms with van der Waals surface area (Å²) >= 11 is 5.80. The van der Waals surface area contributed by atoms with E-state index in [9.17, 15) is 19.7 Å². The SMILES string of the molecule is O=Cc1cc([N+](=O)[O-])ccc1OCC(=O)Nc1cccc(Cl)c1. The van der Waals surface area contributed by atoms with Gasteiger partial charge in [0, 0.05) is 22.8 Å². The fourth-order valence-electron chi connectivity index (χ4n) is 1.78. The van der Waals surface area contributed by atoms with Crippen molar-refractivity contribution in [1.82, 2.24) is 0 Å². The lowest BCUT2D eigenvalue weighted by Crippen LogP contribution is -2.20. The van der Waals surface area contributed by atoms with Crippen LogP contribution in [0.2, 0.25) is 5.02 Å². The molecule has 0 radical (unpaired) electrons. The number of aldehydes is 1. The van der Waals surface area contributed by atoms with Crippen molar-refractivity contribution in [2.45, 2.75) is 0 Å². The Hall–Kier alpha value is -2.93. The molecular weight excluding hydrogens is 324 g/mol. The molecule has 23 heavy (non-hydrogen) atoms. The predicted molar refractivity (Wildman–Crippen MR) is 84.1 cm³/mol. The molecule has 0 aromatic heterocycles. The van der Waals surface area contributed by atoms with Crippen LogP contribution in [0, 0.1) is 10.1 Å². The van der Waals surface area contributed by atoms with Crippen LogP contribution in [0.25, 0.3) is 0 Å². The molecule has 1 amide bonds. The lowest BCUT2D eigenvalue weighted by atomic mass is 10.2. The number of benzene rings is 2. The summed E-state index contributed by atoms with van der Waals surface area (Å²) in [4.78, 5) is 32.8. The molecule has 0 spiro atoms. The number of anilines is 1. The number of nitro groups is 1. The van der Waals surface area contributed by atoms with Crippen LogP contribution in [-0.4, -0.2) is 23.7 Å². The average Bonchev–Trinajstić information content (AvgIpc) is 2.52. The van der Waals surface area contributed by atoms with E-state index in [2.05, 4.69) is 5.32 Å². The van der Waals surface area contributed by atoms with E-state index in [1.807, 2.05) is 0 Å². The minimum Gasteiger partial charge on any atom is -0.483 e. The normalized spacial score (nSPS) is 9.96. The third kappa shape index (κ3) is 4.52. The summed E-state index contributed by atoms with van der Waals surface area (Å²) in [5.41, 5.74) is 0.267. The van der Waals surface area contributed by atoms with Gasteiger partial charge in [-0.3, -0.25) is 19.7 Å². The van der Waals surface area contributed by atoms with Crippen LogP contribution in [-0.2, 0) is 4.79 Å². The Bertz CT molecular complexity index is 763. The van der Waals surface area contributed by atoms with Crippen molar-refractivity contribution in [2.24, 2.45) is 0 Å². The van der Waals surface area contributed by atoms with Gasteiger partial charge in [0.25, 0.3) is 11.6 Å². The zero-order chi connectivity index (χ0) is 16.8. The molecule has 2 aromatic rings. The van der Waals surface area contributed by atoms with Crippen LogP contribution in [0.3, 0.4) is 0 Å². The zero-order valence-corrected chi connectivity index (χ0v) is 12.4. The molecule has 1 N–H and O–H groups in total. The summed E-state index contributed by atoms with van der Waals surface area (Å²) in [5, 5.41) is 13.7. The maximum Gasteiger partial charge on any atom is 0.270 e. The second kappa shape index (κ2) is 7.37. The molecule has 0 bridgehead atoms. The summed E-state index contributed by atoms with van der Waals surface area (Å²) in [6.45, 7) is -0.356. The maximum atomic E-state index is 11.8. The van der Waals surface area contributed by atoms with E-state index in [1.165, 1.54) is 12.1 Å². The van der Waals surface area contributed by atoms with Gasteiger partial charge in [-0.2, -0.15) is 0 Å². The molecule has 0 saturated carbocycles. The fourth-order valence-corrected chi connectivity index (χ4v) is 1.97.